The molecule has 2 atom stereocenters. The standard InChI is InChI=1S/C20H19NO3/c1-2-8-18(22)17(13-14-9-4-3-5-10-14)21-19(23)15-11-6-7-12-16(15)20(21)24/h2-7,9-12,17-18,22H,1,8,13H2/t17-,18?/m0/s1. The van der Waals surface area contributed by atoms with Crippen LogP contribution in [-0.4, -0.2) is 34.0 Å². The van der Waals surface area contributed by atoms with E-state index in [4.69, 9.17) is 0 Å². The largest absolute Gasteiger partial charge is 0.391 e. The number of hydrogen-bond donors (Lipinski definition) is 1. The lowest BCUT2D eigenvalue weighted by Crippen LogP contribution is -2.48. The summed E-state index contributed by atoms with van der Waals surface area (Å²) in [6, 6.07) is 15.7. The van der Waals surface area contributed by atoms with E-state index in [1.165, 1.54) is 4.90 Å². The summed E-state index contributed by atoms with van der Waals surface area (Å²) in [5.41, 5.74) is 1.75. The van der Waals surface area contributed by atoms with Crippen LogP contribution in [0.25, 0.3) is 0 Å². The Balaban J connectivity index is 1.95. The summed E-state index contributed by atoms with van der Waals surface area (Å²) in [6.07, 6.45) is 1.46. The molecule has 0 radical (unpaired) electrons. The zero-order chi connectivity index (χ0) is 17.1. The van der Waals surface area contributed by atoms with Gasteiger partial charge < -0.3 is 5.11 Å². The lowest BCUT2D eigenvalue weighted by Gasteiger charge is -2.30. The van der Waals surface area contributed by atoms with E-state index >= 15 is 0 Å². The predicted molar refractivity (Wildman–Crippen MR) is 91.7 cm³/mol. The van der Waals surface area contributed by atoms with Crippen LogP contribution in [-0.2, 0) is 6.42 Å². The molecule has 2 aromatic carbocycles. The average Bonchev–Trinajstić information content (AvgIpc) is 2.86. The quantitative estimate of drug-likeness (QED) is 0.657. The van der Waals surface area contributed by atoms with Crippen molar-refractivity contribution in [1.29, 1.82) is 0 Å². The number of amides is 2. The van der Waals surface area contributed by atoms with Crippen molar-refractivity contribution in [1.82, 2.24) is 4.90 Å². The molecule has 4 nitrogen and oxygen atoms in total. The second-order valence-electron chi connectivity index (χ2n) is 5.87. The van der Waals surface area contributed by atoms with Crippen molar-refractivity contribution in [3.8, 4) is 0 Å². The van der Waals surface area contributed by atoms with Gasteiger partial charge in [-0.05, 0) is 30.5 Å². The summed E-state index contributed by atoms with van der Waals surface area (Å²) in [7, 11) is 0. The normalized spacial score (nSPS) is 16.0. The first-order valence-corrected chi connectivity index (χ1v) is 7.93. The van der Waals surface area contributed by atoms with E-state index in [1.807, 2.05) is 30.3 Å². The van der Waals surface area contributed by atoms with Gasteiger partial charge in [-0.2, -0.15) is 0 Å². The van der Waals surface area contributed by atoms with Crippen LogP contribution in [0, 0.1) is 0 Å². The van der Waals surface area contributed by atoms with E-state index in [1.54, 1.807) is 30.3 Å². The van der Waals surface area contributed by atoms with Crippen LogP contribution in [0.3, 0.4) is 0 Å². The Hall–Kier alpha value is -2.72. The number of aliphatic hydroxyl groups is 1. The fourth-order valence-corrected chi connectivity index (χ4v) is 3.09. The Labute approximate surface area is 141 Å². The van der Waals surface area contributed by atoms with Gasteiger partial charge in [-0.25, -0.2) is 0 Å². The molecule has 1 heterocycles. The highest BCUT2D eigenvalue weighted by molar-refractivity contribution is 6.21. The molecule has 3 rings (SSSR count). The SMILES string of the molecule is C=CCC(O)[C@H](Cc1ccccc1)N1C(=O)c2ccccc2C1=O. The van der Waals surface area contributed by atoms with Crippen LogP contribution in [0.15, 0.2) is 67.3 Å². The van der Waals surface area contributed by atoms with Crippen molar-refractivity contribution in [2.75, 3.05) is 0 Å². The van der Waals surface area contributed by atoms with Gasteiger partial charge in [-0.1, -0.05) is 48.5 Å². The Morgan fingerprint density at radius 3 is 2.04 bits per heavy atom. The maximum absolute atomic E-state index is 12.7. The third-order valence-corrected chi connectivity index (χ3v) is 4.30. The van der Waals surface area contributed by atoms with Gasteiger partial charge in [0.15, 0.2) is 0 Å². The molecule has 0 bridgehead atoms. The Morgan fingerprint density at radius 1 is 0.958 bits per heavy atom. The van der Waals surface area contributed by atoms with E-state index in [0.717, 1.165) is 5.56 Å². The number of nitrogens with zero attached hydrogens (tertiary/aromatic N) is 1. The topological polar surface area (TPSA) is 57.6 Å². The summed E-state index contributed by atoms with van der Waals surface area (Å²) in [6.45, 7) is 3.65. The summed E-state index contributed by atoms with van der Waals surface area (Å²) >= 11 is 0. The third kappa shape index (κ3) is 2.88. The van der Waals surface area contributed by atoms with Crippen molar-refractivity contribution < 1.29 is 14.7 Å². The molecule has 0 spiro atoms. The minimum atomic E-state index is -0.857. The van der Waals surface area contributed by atoms with Crippen molar-refractivity contribution in [2.45, 2.75) is 25.0 Å². The van der Waals surface area contributed by atoms with Crippen LogP contribution in [0.2, 0.25) is 0 Å². The van der Waals surface area contributed by atoms with Gasteiger partial charge in [0.25, 0.3) is 11.8 Å². The molecule has 2 aromatic rings. The smallest absolute Gasteiger partial charge is 0.261 e. The van der Waals surface area contributed by atoms with Crippen LogP contribution in [0.1, 0.15) is 32.7 Å². The van der Waals surface area contributed by atoms with E-state index < -0.39 is 12.1 Å². The highest BCUT2D eigenvalue weighted by Gasteiger charge is 2.41. The number of rotatable bonds is 6. The van der Waals surface area contributed by atoms with Crippen LogP contribution in [0.4, 0.5) is 0 Å². The highest BCUT2D eigenvalue weighted by Crippen LogP contribution is 2.27. The first-order valence-electron chi connectivity index (χ1n) is 7.93. The monoisotopic (exact) mass is 321 g/mol. The fourth-order valence-electron chi connectivity index (χ4n) is 3.09. The average molecular weight is 321 g/mol. The van der Waals surface area contributed by atoms with Crippen molar-refractivity contribution >= 4 is 11.8 Å². The number of hydrogen-bond acceptors (Lipinski definition) is 3. The maximum atomic E-state index is 12.7. The summed E-state index contributed by atoms with van der Waals surface area (Å²) in [5, 5.41) is 10.5. The Kier molecular flexibility index (Phi) is 4.58. The van der Waals surface area contributed by atoms with Gasteiger partial charge in [0.2, 0.25) is 0 Å². The zero-order valence-electron chi connectivity index (χ0n) is 13.3. The minimum Gasteiger partial charge on any atom is -0.391 e. The molecule has 0 aliphatic carbocycles. The van der Waals surface area contributed by atoms with Gasteiger partial charge in [-0.3, -0.25) is 14.5 Å². The van der Waals surface area contributed by atoms with Crippen molar-refractivity contribution in [2.24, 2.45) is 0 Å². The lowest BCUT2D eigenvalue weighted by molar-refractivity contribution is 0.0346. The lowest BCUT2D eigenvalue weighted by atomic mass is 9.97. The van der Waals surface area contributed by atoms with E-state index in [9.17, 15) is 14.7 Å². The highest BCUT2D eigenvalue weighted by atomic mass is 16.3. The molecule has 1 aliphatic rings. The maximum Gasteiger partial charge on any atom is 0.261 e. The molecule has 2 amide bonds. The van der Waals surface area contributed by atoms with Crippen LogP contribution < -0.4 is 0 Å². The van der Waals surface area contributed by atoms with Crippen molar-refractivity contribution in [3.63, 3.8) is 0 Å². The van der Waals surface area contributed by atoms with Crippen molar-refractivity contribution in [3.05, 3.63) is 83.9 Å². The van der Waals surface area contributed by atoms with Gasteiger partial charge in [0.1, 0.15) is 0 Å². The van der Waals surface area contributed by atoms with E-state index in [0.29, 0.717) is 24.0 Å². The molecule has 0 fully saturated rings. The second kappa shape index (κ2) is 6.81. The molecule has 0 aromatic heterocycles. The second-order valence-corrected chi connectivity index (χ2v) is 5.87. The molecule has 24 heavy (non-hydrogen) atoms. The molecule has 4 heteroatoms. The number of fused-ring (bicyclic) bond motifs is 1. The van der Waals surface area contributed by atoms with Gasteiger partial charge >= 0.3 is 0 Å². The van der Waals surface area contributed by atoms with Gasteiger partial charge in [-0.15, -0.1) is 6.58 Å². The summed E-state index contributed by atoms with van der Waals surface area (Å²) < 4.78 is 0. The summed E-state index contributed by atoms with van der Waals surface area (Å²) in [4.78, 5) is 26.6. The number of aliphatic hydroxyl groups excluding tert-OH is 1. The first-order chi connectivity index (χ1) is 11.6. The molecular formula is C20H19NO3. The third-order valence-electron chi connectivity index (χ3n) is 4.30. The minimum absolute atomic E-state index is 0.310. The van der Waals surface area contributed by atoms with Crippen LogP contribution >= 0.6 is 0 Å². The molecule has 0 saturated carbocycles. The molecule has 1 N–H and O–H groups in total. The van der Waals surface area contributed by atoms with Crippen LogP contribution in [0.5, 0.6) is 0 Å². The molecule has 1 unspecified atom stereocenters. The number of carbonyl (C=O) groups is 2. The van der Waals surface area contributed by atoms with E-state index in [2.05, 4.69) is 6.58 Å². The Morgan fingerprint density at radius 2 is 1.50 bits per heavy atom. The fraction of sp³-hybridized carbons (Fsp3) is 0.200. The number of carbonyl (C=O) groups excluding carboxylic acids is 2. The molecular weight excluding hydrogens is 302 g/mol. The van der Waals surface area contributed by atoms with Gasteiger partial charge in [0, 0.05) is 0 Å². The molecule has 1 aliphatic heterocycles. The number of imide groups is 1. The zero-order valence-corrected chi connectivity index (χ0v) is 13.3. The molecule has 0 saturated heterocycles. The summed E-state index contributed by atoms with van der Waals surface area (Å²) in [5.74, 6) is -0.695. The Bertz CT molecular complexity index is 734. The predicted octanol–water partition coefficient (Wildman–Crippen LogP) is 2.83. The van der Waals surface area contributed by atoms with Gasteiger partial charge in [0.05, 0.1) is 23.3 Å². The number of benzene rings is 2. The van der Waals surface area contributed by atoms with E-state index in [-0.39, 0.29) is 11.8 Å². The first kappa shape index (κ1) is 16.1. The molecule has 122 valence electrons.